The molecule has 27 heavy (non-hydrogen) atoms. The van der Waals surface area contributed by atoms with E-state index in [4.69, 9.17) is 0 Å². The summed E-state index contributed by atoms with van der Waals surface area (Å²) in [4.78, 5) is 38.9. The van der Waals surface area contributed by atoms with E-state index in [2.05, 4.69) is 21.2 Å². The number of carboxylic acids is 1. The van der Waals surface area contributed by atoms with Gasteiger partial charge in [0.15, 0.2) is 0 Å². The zero-order valence-electron chi connectivity index (χ0n) is 13.9. The van der Waals surface area contributed by atoms with Crippen LogP contribution in [0.25, 0.3) is 0 Å². The van der Waals surface area contributed by atoms with E-state index in [0.29, 0.717) is 15.7 Å². The van der Waals surface area contributed by atoms with E-state index in [0.717, 1.165) is 4.90 Å². The summed E-state index contributed by atoms with van der Waals surface area (Å²) in [5.74, 6) is -4.25. The van der Waals surface area contributed by atoms with Crippen LogP contribution in [0.2, 0.25) is 0 Å². The van der Waals surface area contributed by atoms with Crippen molar-refractivity contribution >= 4 is 39.4 Å². The Kier molecular flexibility index (Phi) is 4.24. The van der Waals surface area contributed by atoms with Crippen LogP contribution in [-0.2, 0) is 14.4 Å². The quantitative estimate of drug-likeness (QED) is 0.643. The van der Waals surface area contributed by atoms with Crippen LogP contribution in [0.1, 0.15) is 11.6 Å². The summed E-state index contributed by atoms with van der Waals surface area (Å²) >= 11 is 3.31. The molecule has 0 aromatic heterocycles. The van der Waals surface area contributed by atoms with E-state index in [-0.39, 0.29) is 5.75 Å². The third kappa shape index (κ3) is 2.72. The van der Waals surface area contributed by atoms with Gasteiger partial charge in [-0.2, -0.15) is 0 Å². The number of carbonyl (C=O) groups is 3. The Bertz CT molecular complexity index is 963. The summed E-state index contributed by atoms with van der Waals surface area (Å²) < 4.78 is 0.697. The van der Waals surface area contributed by atoms with Gasteiger partial charge in [0.2, 0.25) is 11.8 Å². The maximum Gasteiger partial charge on any atom is 0.321 e. The molecule has 0 bridgehead atoms. The molecule has 0 radical (unpaired) electrons. The fraction of sp³-hybridized carbons (Fsp3) is 0.211. The monoisotopic (exact) mass is 430 g/mol. The molecule has 2 heterocycles. The minimum absolute atomic E-state index is 0.0547. The maximum absolute atomic E-state index is 13.1. The van der Waals surface area contributed by atoms with Crippen molar-refractivity contribution in [1.82, 2.24) is 5.32 Å². The highest BCUT2D eigenvalue weighted by atomic mass is 79.9. The number of hydrogen-bond donors (Lipinski definition) is 3. The Morgan fingerprint density at radius 2 is 1.74 bits per heavy atom. The highest BCUT2D eigenvalue weighted by Crippen LogP contribution is 2.47. The molecular weight excluding hydrogens is 416 g/mol. The van der Waals surface area contributed by atoms with Gasteiger partial charge in [0.05, 0.1) is 17.5 Å². The van der Waals surface area contributed by atoms with Gasteiger partial charge in [-0.25, -0.2) is 4.90 Å². The Labute approximate surface area is 162 Å². The molecule has 0 unspecified atom stereocenters. The zero-order chi connectivity index (χ0) is 19.3. The number of benzene rings is 2. The van der Waals surface area contributed by atoms with Gasteiger partial charge in [0.1, 0.15) is 11.8 Å². The van der Waals surface area contributed by atoms with Gasteiger partial charge in [-0.15, -0.1) is 0 Å². The second-order valence-electron chi connectivity index (χ2n) is 6.56. The topological polar surface area (TPSA) is 107 Å². The van der Waals surface area contributed by atoms with E-state index in [1.807, 2.05) is 0 Å². The number of amides is 2. The van der Waals surface area contributed by atoms with E-state index < -0.39 is 41.7 Å². The molecule has 0 spiro atoms. The zero-order valence-corrected chi connectivity index (χ0v) is 15.5. The third-order valence-corrected chi connectivity index (χ3v) is 5.57. The van der Waals surface area contributed by atoms with Crippen molar-refractivity contribution in [2.75, 3.05) is 4.90 Å². The molecule has 4 atom stereocenters. The highest BCUT2D eigenvalue weighted by molar-refractivity contribution is 9.10. The van der Waals surface area contributed by atoms with Crippen LogP contribution in [0.3, 0.4) is 0 Å². The Morgan fingerprint density at radius 3 is 2.41 bits per heavy atom. The molecule has 2 amide bonds. The minimum Gasteiger partial charge on any atom is -0.508 e. The lowest BCUT2D eigenvalue weighted by Crippen LogP contribution is -2.43. The second kappa shape index (κ2) is 6.47. The first-order valence-corrected chi connectivity index (χ1v) is 9.09. The summed E-state index contributed by atoms with van der Waals surface area (Å²) in [7, 11) is 0. The fourth-order valence-corrected chi connectivity index (χ4v) is 4.33. The highest BCUT2D eigenvalue weighted by Gasteiger charge is 2.61. The van der Waals surface area contributed by atoms with Crippen LogP contribution >= 0.6 is 15.9 Å². The number of aromatic hydroxyl groups is 1. The second-order valence-corrected chi connectivity index (χ2v) is 7.48. The summed E-state index contributed by atoms with van der Waals surface area (Å²) in [5.41, 5.74) is 0.780. The van der Waals surface area contributed by atoms with E-state index in [1.165, 1.54) is 6.07 Å². The average Bonchev–Trinajstić information content (AvgIpc) is 3.13. The van der Waals surface area contributed by atoms with Crippen molar-refractivity contribution in [2.24, 2.45) is 11.8 Å². The van der Waals surface area contributed by atoms with Crippen molar-refractivity contribution in [3.05, 3.63) is 58.6 Å². The third-order valence-electron chi connectivity index (χ3n) is 5.08. The number of fused-ring (bicyclic) bond motifs is 1. The molecule has 2 aromatic rings. The molecule has 2 aromatic carbocycles. The number of carboxylic acid groups (broad SMARTS) is 1. The number of para-hydroxylation sites is 1. The van der Waals surface area contributed by atoms with Crippen molar-refractivity contribution in [3.63, 3.8) is 0 Å². The summed E-state index contributed by atoms with van der Waals surface area (Å²) in [6.45, 7) is 0. The predicted octanol–water partition coefficient (Wildman–Crippen LogP) is 2.06. The smallest absolute Gasteiger partial charge is 0.321 e. The SMILES string of the molecule is O=C(O)[C@@H]1N[C@H](c2ccccc2O)[C@H]2C(=O)N(c3cccc(Br)c3)C(=O)[C@H]21. The van der Waals surface area contributed by atoms with E-state index in [1.54, 1.807) is 42.5 Å². The number of carbonyl (C=O) groups excluding carboxylic acids is 2. The van der Waals surface area contributed by atoms with Crippen LogP contribution in [0.5, 0.6) is 5.75 Å². The van der Waals surface area contributed by atoms with Crippen molar-refractivity contribution in [3.8, 4) is 5.75 Å². The van der Waals surface area contributed by atoms with E-state index in [9.17, 15) is 24.6 Å². The van der Waals surface area contributed by atoms with Gasteiger partial charge >= 0.3 is 5.97 Å². The van der Waals surface area contributed by atoms with Gasteiger partial charge < -0.3 is 10.2 Å². The van der Waals surface area contributed by atoms with Gasteiger partial charge in [-0.1, -0.05) is 40.2 Å². The van der Waals surface area contributed by atoms with Crippen LogP contribution in [0, 0.1) is 11.8 Å². The number of nitrogens with zero attached hydrogens (tertiary/aromatic N) is 1. The van der Waals surface area contributed by atoms with Crippen LogP contribution < -0.4 is 10.2 Å². The molecular formula is C19H15BrN2O5. The molecule has 4 rings (SSSR count). The first-order chi connectivity index (χ1) is 12.9. The summed E-state index contributed by atoms with van der Waals surface area (Å²) in [6.07, 6.45) is 0. The van der Waals surface area contributed by atoms with Crippen LogP contribution in [0.4, 0.5) is 5.69 Å². The molecule has 2 fully saturated rings. The maximum atomic E-state index is 13.1. The number of phenols is 1. The van der Waals surface area contributed by atoms with Crippen LogP contribution in [-0.4, -0.2) is 34.0 Å². The normalized spacial score (nSPS) is 27.1. The summed E-state index contributed by atoms with van der Waals surface area (Å²) in [6, 6.07) is 11.1. The van der Waals surface area contributed by atoms with Gasteiger partial charge in [0.25, 0.3) is 0 Å². The Balaban J connectivity index is 1.80. The number of nitrogens with one attached hydrogen (secondary N) is 1. The number of halogens is 1. The van der Waals surface area contributed by atoms with Crippen molar-refractivity contribution in [1.29, 1.82) is 0 Å². The number of anilines is 1. The lowest BCUT2D eigenvalue weighted by atomic mass is 9.86. The lowest BCUT2D eigenvalue weighted by molar-refractivity contribution is -0.142. The molecule has 8 heteroatoms. The fourth-order valence-electron chi connectivity index (χ4n) is 3.94. The van der Waals surface area contributed by atoms with Crippen LogP contribution in [0.15, 0.2) is 53.0 Å². The van der Waals surface area contributed by atoms with Gasteiger partial charge in [-0.05, 0) is 24.3 Å². The first-order valence-electron chi connectivity index (χ1n) is 8.30. The number of rotatable bonds is 3. The largest absolute Gasteiger partial charge is 0.508 e. The molecule has 2 saturated heterocycles. The first kappa shape index (κ1) is 17.7. The Morgan fingerprint density at radius 1 is 1.04 bits per heavy atom. The Hall–Kier alpha value is -2.71. The predicted molar refractivity (Wildman–Crippen MR) is 99.0 cm³/mol. The number of aliphatic carboxylic acids is 1. The average molecular weight is 431 g/mol. The molecule has 2 aliphatic rings. The molecule has 7 nitrogen and oxygen atoms in total. The molecule has 0 aliphatic carbocycles. The van der Waals surface area contributed by atoms with Gasteiger partial charge in [0, 0.05) is 16.1 Å². The number of phenolic OH excluding ortho intramolecular Hbond substituents is 1. The van der Waals surface area contributed by atoms with E-state index >= 15 is 0 Å². The molecule has 3 N–H and O–H groups in total. The number of hydrogen-bond acceptors (Lipinski definition) is 5. The molecule has 138 valence electrons. The van der Waals surface area contributed by atoms with Crippen molar-refractivity contribution < 1.29 is 24.6 Å². The minimum atomic E-state index is -1.21. The standard InChI is InChI=1S/C19H15BrN2O5/c20-9-4-3-5-10(8-9)22-17(24)13-14(18(22)25)16(19(26)27)21-15(13)11-6-1-2-7-12(11)23/h1-8,13-16,21,23H,(H,26,27)/t13-,14+,15+,16+/m0/s1. The van der Waals surface area contributed by atoms with Gasteiger partial charge in [-0.3, -0.25) is 19.7 Å². The molecule has 2 aliphatic heterocycles. The molecule has 0 saturated carbocycles. The van der Waals surface area contributed by atoms with Crippen molar-refractivity contribution in [2.45, 2.75) is 12.1 Å². The summed E-state index contributed by atoms with van der Waals surface area (Å²) in [5, 5.41) is 22.6. The lowest BCUT2D eigenvalue weighted by Gasteiger charge is -2.22. The number of imide groups is 1.